The predicted octanol–water partition coefficient (Wildman–Crippen LogP) is 5.09. The minimum Gasteiger partial charge on any atom is -0.396 e. The molecular weight excluding hydrogens is 386 g/mol. The molecule has 3 saturated carbocycles. The van der Waals surface area contributed by atoms with Crippen molar-refractivity contribution < 1.29 is 14.6 Å². The molecule has 2 heterocycles. The van der Waals surface area contributed by atoms with Crippen LogP contribution in [0.5, 0.6) is 0 Å². The number of ether oxygens (including phenoxy) is 2. The Hall–Kier alpha value is -0.160. The van der Waals surface area contributed by atoms with E-state index in [9.17, 15) is 5.11 Å². The Morgan fingerprint density at radius 2 is 1.81 bits per heavy atom. The average molecular weight is 434 g/mol. The predicted molar refractivity (Wildman–Crippen MR) is 124 cm³/mol. The second-order valence-electron chi connectivity index (χ2n) is 12.5. The third kappa shape index (κ3) is 4.02. The summed E-state index contributed by atoms with van der Waals surface area (Å²) >= 11 is 0. The van der Waals surface area contributed by atoms with Crippen molar-refractivity contribution in [3.05, 3.63) is 0 Å². The van der Waals surface area contributed by atoms with E-state index in [-0.39, 0.29) is 11.7 Å². The minimum absolute atomic E-state index is 0.0675. The van der Waals surface area contributed by atoms with Crippen LogP contribution in [0, 0.1) is 40.4 Å². The second kappa shape index (κ2) is 8.89. The quantitative estimate of drug-likeness (QED) is 0.656. The second-order valence-corrected chi connectivity index (χ2v) is 12.5. The van der Waals surface area contributed by atoms with E-state index < -0.39 is 0 Å². The van der Waals surface area contributed by atoms with E-state index in [4.69, 9.17) is 9.47 Å². The molecule has 5 aliphatic rings. The molecule has 4 nitrogen and oxygen atoms in total. The molecule has 1 N–H and O–H groups in total. The van der Waals surface area contributed by atoms with Crippen molar-refractivity contribution in [3.63, 3.8) is 0 Å². The van der Waals surface area contributed by atoms with Gasteiger partial charge in [0.05, 0.1) is 12.7 Å². The monoisotopic (exact) mass is 433 g/mol. The van der Waals surface area contributed by atoms with Crippen LogP contribution in [0.2, 0.25) is 0 Å². The molecule has 0 aromatic rings. The van der Waals surface area contributed by atoms with Crippen LogP contribution in [0.15, 0.2) is 0 Å². The topological polar surface area (TPSA) is 41.9 Å². The molecular formula is C27H47NO3. The maximum Gasteiger partial charge on any atom is 0.160 e. The van der Waals surface area contributed by atoms with Crippen LogP contribution in [-0.2, 0) is 9.47 Å². The highest BCUT2D eigenvalue weighted by molar-refractivity contribution is 5.08. The molecule has 4 heteroatoms. The fraction of sp³-hybridized carbons (Fsp3) is 1.00. The summed E-state index contributed by atoms with van der Waals surface area (Å²) in [7, 11) is 0. The molecule has 0 radical (unpaired) electrons. The fourth-order valence-electron chi connectivity index (χ4n) is 8.87. The lowest BCUT2D eigenvalue weighted by atomic mass is 9.45. The van der Waals surface area contributed by atoms with Crippen LogP contribution in [-0.4, -0.2) is 55.2 Å². The summed E-state index contributed by atoms with van der Waals surface area (Å²) in [5.41, 5.74) is 0.585. The molecule has 2 saturated heterocycles. The molecule has 0 aromatic heterocycles. The van der Waals surface area contributed by atoms with Gasteiger partial charge in [0.1, 0.15) is 0 Å². The van der Waals surface area contributed by atoms with Gasteiger partial charge in [0.15, 0.2) is 6.29 Å². The zero-order valence-electron chi connectivity index (χ0n) is 20.4. The Bertz CT molecular complexity index is 622. The lowest BCUT2D eigenvalue weighted by Crippen LogP contribution is -2.62. The summed E-state index contributed by atoms with van der Waals surface area (Å²) in [5, 5.41) is 9.51. The maximum absolute atomic E-state index is 9.51. The van der Waals surface area contributed by atoms with Gasteiger partial charge >= 0.3 is 0 Å². The lowest BCUT2D eigenvalue weighted by Gasteiger charge is -2.63. The average Bonchev–Trinajstić information content (AvgIpc) is 3.44. The highest BCUT2D eigenvalue weighted by atomic mass is 16.7. The summed E-state index contributed by atoms with van der Waals surface area (Å²) in [6.45, 7) is 12.4. The molecule has 3 aliphatic carbocycles. The zero-order chi connectivity index (χ0) is 21.6. The summed E-state index contributed by atoms with van der Waals surface area (Å²) in [4.78, 5) is 2.62. The highest BCUT2D eigenvalue weighted by Crippen LogP contribution is 2.63. The summed E-state index contributed by atoms with van der Waals surface area (Å²) < 4.78 is 13.2. The Morgan fingerprint density at radius 3 is 2.55 bits per heavy atom. The molecule has 0 amide bonds. The highest BCUT2D eigenvalue weighted by Gasteiger charge is 2.60. The van der Waals surface area contributed by atoms with Crippen LogP contribution >= 0.6 is 0 Å². The number of aliphatic hydroxyl groups excluding tert-OH is 1. The zero-order valence-corrected chi connectivity index (χ0v) is 20.4. The first-order chi connectivity index (χ1) is 14.9. The first-order valence-corrected chi connectivity index (χ1v) is 13.5. The molecule has 178 valence electrons. The van der Waals surface area contributed by atoms with E-state index >= 15 is 0 Å². The van der Waals surface area contributed by atoms with Crippen molar-refractivity contribution in [1.82, 2.24) is 4.90 Å². The molecule has 3 unspecified atom stereocenters. The number of hydrogen-bond donors (Lipinski definition) is 1. The Kier molecular flexibility index (Phi) is 6.49. The van der Waals surface area contributed by atoms with Crippen molar-refractivity contribution in [3.8, 4) is 0 Å². The number of fused-ring (bicyclic) bond motifs is 3. The maximum atomic E-state index is 9.51. The Labute approximate surface area is 190 Å². The first-order valence-electron chi connectivity index (χ1n) is 13.5. The number of hydrogen-bond acceptors (Lipinski definition) is 4. The number of rotatable bonds is 5. The molecule has 31 heavy (non-hydrogen) atoms. The Morgan fingerprint density at radius 1 is 1.00 bits per heavy atom. The van der Waals surface area contributed by atoms with Crippen LogP contribution in [0.1, 0.15) is 85.0 Å². The third-order valence-corrected chi connectivity index (χ3v) is 10.7. The molecule has 0 spiro atoms. The van der Waals surface area contributed by atoms with Gasteiger partial charge in [-0.25, -0.2) is 0 Å². The van der Waals surface area contributed by atoms with Crippen LogP contribution in [0.4, 0.5) is 0 Å². The SMILES string of the molecule is CC1CCC2[C@]3(C)CO[C@@H](C4CCCC4)O[C@@H]3CC[C@@]2(C)[C@@H]1CCN1CCC(CO)C1. The van der Waals surface area contributed by atoms with Crippen LogP contribution in [0.3, 0.4) is 0 Å². The van der Waals surface area contributed by atoms with Crippen LogP contribution < -0.4 is 0 Å². The van der Waals surface area contributed by atoms with Gasteiger partial charge in [0.2, 0.25) is 0 Å². The lowest BCUT2D eigenvalue weighted by molar-refractivity contribution is -0.319. The minimum atomic E-state index is 0.0675. The largest absolute Gasteiger partial charge is 0.396 e. The molecule has 0 bridgehead atoms. The van der Waals surface area contributed by atoms with E-state index in [1.54, 1.807) is 0 Å². The van der Waals surface area contributed by atoms with E-state index in [1.165, 1.54) is 77.3 Å². The number of nitrogens with zero attached hydrogens (tertiary/aromatic N) is 1. The van der Waals surface area contributed by atoms with Crippen LogP contribution in [0.25, 0.3) is 0 Å². The van der Waals surface area contributed by atoms with Gasteiger partial charge in [-0.1, -0.05) is 40.0 Å². The van der Waals surface area contributed by atoms with Crippen molar-refractivity contribution in [2.45, 2.75) is 97.4 Å². The normalized spacial score (nSPS) is 49.2. The van der Waals surface area contributed by atoms with E-state index in [0.717, 1.165) is 25.0 Å². The van der Waals surface area contributed by atoms with E-state index in [2.05, 4.69) is 25.7 Å². The van der Waals surface area contributed by atoms with E-state index in [1.807, 2.05) is 0 Å². The molecule has 5 fully saturated rings. The van der Waals surface area contributed by atoms with Crippen molar-refractivity contribution >= 4 is 0 Å². The summed E-state index contributed by atoms with van der Waals surface area (Å²) in [5.74, 6) is 3.47. The van der Waals surface area contributed by atoms with Gasteiger partial charge in [-0.05, 0) is 87.1 Å². The third-order valence-electron chi connectivity index (χ3n) is 10.7. The molecule has 5 rings (SSSR count). The van der Waals surface area contributed by atoms with Gasteiger partial charge in [0.25, 0.3) is 0 Å². The summed E-state index contributed by atoms with van der Waals surface area (Å²) in [6, 6.07) is 0. The van der Waals surface area contributed by atoms with E-state index in [0.29, 0.717) is 35.9 Å². The number of likely N-dealkylation sites (tertiary alicyclic amines) is 1. The molecule has 2 aliphatic heterocycles. The molecule has 8 atom stereocenters. The fourth-order valence-corrected chi connectivity index (χ4v) is 8.87. The summed E-state index contributed by atoms with van der Waals surface area (Å²) in [6.07, 6.45) is 13.5. The Balaban J connectivity index is 1.27. The van der Waals surface area contributed by atoms with Gasteiger partial charge in [0, 0.05) is 24.5 Å². The van der Waals surface area contributed by atoms with Gasteiger partial charge in [-0.15, -0.1) is 0 Å². The van der Waals surface area contributed by atoms with Gasteiger partial charge in [-0.3, -0.25) is 0 Å². The van der Waals surface area contributed by atoms with Gasteiger partial charge < -0.3 is 19.5 Å². The first kappa shape index (κ1) is 22.6. The van der Waals surface area contributed by atoms with Crippen molar-refractivity contribution in [1.29, 1.82) is 0 Å². The standard InChI is InChI=1S/C27H47NO3/c1-19-8-9-23-26(2,22(19)12-15-28-14-11-20(16-28)17-29)13-10-24-27(23,3)18-30-25(31-24)21-6-4-5-7-21/h19-25,29H,4-18H2,1-3H3/t19?,20?,22-,23?,24-,25-,26+,27+/m1/s1. The number of aliphatic hydroxyl groups is 1. The molecule has 0 aromatic carbocycles. The van der Waals surface area contributed by atoms with Gasteiger partial charge in [-0.2, -0.15) is 0 Å². The van der Waals surface area contributed by atoms with Crippen molar-refractivity contribution in [2.24, 2.45) is 40.4 Å². The van der Waals surface area contributed by atoms with Crippen molar-refractivity contribution in [2.75, 3.05) is 32.8 Å². The smallest absolute Gasteiger partial charge is 0.160 e.